The minimum absolute atomic E-state index is 0.231. The summed E-state index contributed by atoms with van der Waals surface area (Å²) in [6, 6.07) is 5.97. The SMILES string of the molecule is Cc1ccc(C)c(Oc2nc(CN)co2)c1. The van der Waals surface area contributed by atoms with E-state index in [1.165, 1.54) is 6.26 Å². The Labute approximate surface area is 94.1 Å². The van der Waals surface area contributed by atoms with E-state index in [1.54, 1.807) is 0 Å². The third-order valence-electron chi connectivity index (χ3n) is 2.28. The fourth-order valence-corrected chi connectivity index (χ4v) is 1.34. The molecule has 0 atom stereocenters. The van der Waals surface area contributed by atoms with Crippen molar-refractivity contribution in [1.29, 1.82) is 0 Å². The summed E-state index contributed by atoms with van der Waals surface area (Å²) in [6.07, 6.45) is 1.73. The molecule has 84 valence electrons. The molecule has 1 aromatic heterocycles. The lowest BCUT2D eigenvalue weighted by atomic mass is 10.1. The Hall–Kier alpha value is -1.81. The summed E-state index contributed by atoms with van der Waals surface area (Å²) in [5.41, 5.74) is 8.28. The molecule has 1 heterocycles. The Morgan fingerprint density at radius 1 is 1.38 bits per heavy atom. The Kier molecular flexibility index (Phi) is 2.92. The molecule has 0 aliphatic heterocycles. The van der Waals surface area contributed by atoms with Gasteiger partial charge in [0, 0.05) is 6.54 Å². The van der Waals surface area contributed by atoms with Gasteiger partial charge < -0.3 is 14.9 Å². The minimum atomic E-state index is 0.231. The lowest BCUT2D eigenvalue weighted by Gasteiger charge is -2.05. The first kappa shape index (κ1) is 10.7. The molecular weight excluding hydrogens is 204 g/mol. The van der Waals surface area contributed by atoms with E-state index in [0.29, 0.717) is 12.2 Å². The number of aromatic nitrogens is 1. The number of rotatable bonds is 3. The number of ether oxygens (including phenoxy) is 1. The molecule has 0 fully saturated rings. The van der Waals surface area contributed by atoms with E-state index in [-0.39, 0.29) is 6.08 Å². The maximum atomic E-state index is 5.54. The van der Waals surface area contributed by atoms with Crippen LogP contribution in [-0.2, 0) is 6.54 Å². The van der Waals surface area contributed by atoms with Gasteiger partial charge in [-0.2, -0.15) is 4.98 Å². The molecule has 16 heavy (non-hydrogen) atoms. The Balaban J connectivity index is 2.22. The quantitative estimate of drug-likeness (QED) is 0.859. The van der Waals surface area contributed by atoms with Crippen LogP contribution in [0.15, 0.2) is 28.9 Å². The first-order valence-corrected chi connectivity index (χ1v) is 5.08. The molecule has 2 aromatic rings. The highest BCUT2D eigenvalue weighted by atomic mass is 16.6. The van der Waals surface area contributed by atoms with Crippen molar-refractivity contribution in [3.8, 4) is 11.8 Å². The predicted molar refractivity (Wildman–Crippen MR) is 60.4 cm³/mol. The van der Waals surface area contributed by atoms with Gasteiger partial charge in [-0.25, -0.2) is 0 Å². The van der Waals surface area contributed by atoms with E-state index in [4.69, 9.17) is 14.9 Å². The van der Waals surface area contributed by atoms with Crippen LogP contribution in [0.1, 0.15) is 16.8 Å². The Bertz CT molecular complexity index is 492. The molecule has 4 nitrogen and oxygen atoms in total. The molecule has 0 unspecified atom stereocenters. The number of nitrogens with two attached hydrogens (primary N) is 1. The first-order valence-electron chi connectivity index (χ1n) is 5.08. The highest BCUT2D eigenvalue weighted by molar-refractivity contribution is 5.37. The van der Waals surface area contributed by atoms with Crippen LogP contribution in [-0.4, -0.2) is 4.98 Å². The van der Waals surface area contributed by atoms with Crippen LogP contribution in [0.4, 0.5) is 0 Å². The summed E-state index contributed by atoms with van der Waals surface area (Å²) in [5, 5.41) is 0. The average Bonchev–Trinajstić information content (AvgIpc) is 2.71. The van der Waals surface area contributed by atoms with E-state index < -0.39 is 0 Å². The van der Waals surface area contributed by atoms with E-state index in [1.807, 2.05) is 32.0 Å². The van der Waals surface area contributed by atoms with Crippen molar-refractivity contribution in [3.05, 3.63) is 41.3 Å². The molecule has 0 aliphatic carbocycles. The predicted octanol–water partition coefficient (Wildman–Crippen LogP) is 2.54. The van der Waals surface area contributed by atoms with Gasteiger partial charge in [0.15, 0.2) is 0 Å². The molecule has 0 saturated carbocycles. The van der Waals surface area contributed by atoms with Gasteiger partial charge in [-0.05, 0) is 31.0 Å². The number of nitrogens with zero attached hydrogens (tertiary/aromatic N) is 1. The highest BCUT2D eigenvalue weighted by Gasteiger charge is 2.07. The number of aryl methyl sites for hydroxylation is 2. The lowest BCUT2D eigenvalue weighted by molar-refractivity contribution is 0.329. The fourth-order valence-electron chi connectivity index (χ4n) is 1.34. The normalized spacial score (nSPS) is 10.4. The molecule has 4 heteroatoms. The lowest BCUT2D eigenvalue weighted by Crippen LogP contribution is -1.96. The zero-order valence-electron chi connectivity index (χ0n) is 9.36. The molecule has 0 amide bonds. The third kappa shape index (κ3) is 2.23. The summed E-state index contributed by atoms with van der Waals surface area (Å²) in [7, 11) is 0. The molecule has 2 rings (SSSR count). The number of oxazole rings is 1. The van der Waals surface area contributed by atoms with E-state index in [0.717, 1.165) is 16.9 Å². The maximum Gasteiger partial charge on any atom is 0.399 e. The Morgan fingerprint density at radius 3 is 2.88 bits per heavy atom. The second-order valence-corrected chi connectivity index (χ2v) is 3.68. The highest BCUT2D eigenvalue weighted by Crippen LogP contribution is 2.25. The van der Waals surface area contributed by atoms with Crippen molar-refractivity contribution in [1.82, 2.24) is 4.98 Å². The molecule has 2 N–H and O–H groups in total. The maximum absolute atomic E-state index is 5.54. The van der Waals surface area contributed by atoms with Gasteiger partial charge in [0.1, 0.15) is 12.0 Å². The van der Waals surface area contributed by atoms with Gasteiger partial charge in [-0.15, -0.1) is 0 Å². The summed E-state index contributed by atoms with van der Waals surface area (Å²) in [4.78, 5) is 4.08. The van der Waals surface area contributed by atoms with Gasteiger partial charge in [-0.3, -0.25) is 0 Å². The molecule has 0 aliphatic rings. The molecule has 1 aromatic carbocycles. The van der Waals surface area contributed by atoms with Gasteiger partial charge in [0.2, 0.25) is 0 Å². The van der Waals surface area contributed by atoms with Crippen LogP contribution >= 0.6 is 0 Å². The van der Waals surface area contributed by atoms with Gasteiger partial charge >= 0.3 is 6.08 Å². The summed E-state index contributed by atoms with van der Waals surface area (Å²) in [6.45, 7) is 4.33. The van der Waals surface area contributed by atoms with Crippen molar-refractivity contribution >= 4 is 0 Å². The summed E-state index contributed by atoms with van der Waals surface area (Å²) >= 11 is 0. The molecule has 0 saturated heterocycles. The summed E-state index contributed by atoms with van der Waals surface area (Å²) in [5.74, 6) is 0.755. The topological polar surface area (TPSA) is 61.3 Å². The van der Waals surface area contributed by atoms with E-state index in [2.05, 4.69) is 4.98 Å². The van der Waals surface area contributed by atoms with Gasteiger partial charge in [0.05, 0.1) is 5.69 Å². The van der Waals surface area contributed by atoms with E-state index in [9.17, 15) is 0 Å². The average molecular weight is 218 g/mol. The number of benzene rings is 1. The van der Waals surface area contributed by atoms with Crippen LogP contribution in [0, 0.1) is 13.8 Å². The largest absolute Gasteiger partial charge is 0.417 e. The van der Waals surface area contributed by atoms with Crippen LogP contribution in [0.25, 0.3) is 0 Å². The van der Waals surface area contributed by atoms with Gasteiger partial charge in [-0.1, -0.05) is 12.1 Å². The van der Waals surface area contributed by atoms with Crippen molar-refractivity contribution in [2.75, 3.05) is 0 Å². The molecular formula is C12H14N2O2. The van der Waals surface area contributed by atoms with Crippen LogP contribution in [0.5, 0.6) is 11.8 Å². The van der Waals surface area contributed by atoms with Crippen LogP contribution < -0.4 is 10.5 Å². The first-order chi connectivity index (χ1) is 7.69. The molecule has 0 bridgehead atoms. The van der Waals surface area contributed by atoms with Crippen molar-refractivity contribution in [2.45, 2.75) is 20.4 Å². The zero-order chi connectivity index (χ0) is 11.5. The summed E-state index contributed by atoms with van der Waals surface area (Å²) < 4.78 is 10.7. The van der Waals surface area contributed by atoms with E-state index >= 15 is 0 Å². The van der Waals surface area contributed by atoms with Gasteiger partial charge in [0.25, 0.3) is 0 Å². The standard InChI is InChI=1S/C12H14N2O2/c1-8-3-4-9(2)11(5-8)16-12-14-10(6-13)7-15-12/h3-5,7H,6,13H2,1-2H3. The second-order valence-electron chi connectivity index (χ2n) is 3.68. The smallest absolute Gasteiger partial charge is 0.399 e. The minimum Gasteiger partial charge on any atom is -0.417 e. The molecule has 0 radical (unpaired) electrons. The monoisotopic (exact) mass is 218 g/mol. The van der Waals surface area contributed by atoms with Crippen molar-refractivity contribution in [2.24, 2.45) is 5.73 Å². The number of hydrogen-bond acceptors (Lipinski definition) is 4. The van der Waals surface area contributed by atoms with Crippen molar-refractivity contribution in [3.63, 3.8) is 0 Å². The second kappa shape index (κ2) is 4.37. The third-order valence-corrected chi connectivity index (χ3v) is 2.28. The molecule has 0 spiro atoms. The van der Waals surface area contributed by atoms with Crippen LogP contribution in [0.3, 0.4) is 0 Å². The van der Waals surface area contributed by atoms with Crippen molar-refractivity contribution < 1.29 is 9.15 Å². The fraction of sp³-hybridized carbons (Fsp3) is 0.250. The Morgan fingerprint density at radius 2 is 2.19 bits per heavy atom. The van der Waals surface area contributed by atoms with Crippen LogP contribution in [0.2, 0.25) is 0 Å². The zero-order valence-corrected chi connectivity index (χ0v) is 9.36. The number of hydrogen-bond donors (Lipinski definition) is 1.